The van der Waals surface area contributed by atoms with E-state index in [0.29, 0.717) is 21.6 Å². The number of benzene rings is 1. The molecule has 1 aromatic carbocycles. The van der Waals surface area contributed by atoms with Gasteiger partial charge in [-0.3, -0.25) is 10.1 Å². The number of methoxy groups -OCH3 is 1. The van der Waals surface area contributed by atoms with Crippen molar-refractivity contribution in [2.24, 2.45) is 0 Å². The number of amides is 1. The van der Waals surface area contributed by atoms with Crippen LogP contribution in [0.4, 0.5) is 5.82 Å². The molecule has 0 saturated carbocycles. The highest BCUT2D eigenvalue weighted by Crippen LogP contribution is 2.32. The lowest BCUT2D eigenvalue weighted by Crippen LogP contribution is -2.34. The zero-order valence-corrected chi connectivity index (χ0v) is 18.8. The molecule has 24 heavy (non-hydrogen) atoms. The molecule has 0 bridgehead atoms. The number of pyridine rings is 1. The van der Waals surface area contributed by atoms with Crippen LogP contribution in [-0.4, -0.2) is 23.1 Å². The average Bonchev–Trinajstić information content (AvgIpc) is 2.49. The Kier molecular flexibility index (Phi) is 6.96. The van der Waals surface area contributed by atoms with E-state index in [1.807, 2.05) is 13.0 Å². The third-order valence-corrected chi connectivity index (χ3v) is 4.80. The Morgan fingerprint density at radius 2 is 2.04 bits per heavy atom. The van der Waals surface area contributed by atoms with Gasteiger partial charge in [0, 0.05) is 14.2 Å². The number of aryl methyl sites for hydroxylation is 1. The number of nitrogens with zero attached hydrogens (tertiary/aromatic N) is 1. The van der Waals surface area contributed by atoms with Crippen LogP contribution in [0.2, 0.25) is 0 Å². The van der Waals surface area contributed by atoms with Gasteiger partial charge in [-0.1, -0.05) is 15.9 Å². The fourth-order valence-electron chi connectivity index (χ4n) is 1.92. The Bertz CT molecular complexity index is 818. The number of ether oxygens (including phenoxy) is 1. The lowest BCUT2D eigenvalue weighted by molar-refractivity contribution is 0.0974. The summed E-state index contributed by atoms with van der Waals surface area (Å²) in [5.74, 6) is 0.652. The summed E-state index contributed by atoms with van der Waals surface area (Å²) in [6.45, 7) is 1.91. The second-order valence-electron chi connectivity index (χ2n) is 4.70. The predicted octanol–water partition coefficient (Wildman–Crippen LogP) is 4.66. The van der Waals surface area contributed by atoms with E-state index in [4.69, 9.17) is 17.0 Å². The molecule has 1 aromatic heterocycles. The first-order valence-corrected chi connectivity index (χ1v) is 9.66. The molecule has 126 valence electrons. The molecule has 5 nitrogen and oxygen atoms in total. The van der Waals surface area contributed by atoms with Crippen molar-refractivity contribution in [1.29, 1.82) is 0 Å². The summed E-state index contributed by atoms with van der Waals surface area (Å²) < 4.78 is 7.71. The van der Waals surface area contributed by atoms with Crippen LogP contribution in [0.5, 0.6) is 5.75 Å². The van der Waals surface area contributed by atoms with Crippen molar-refractivity contribution in [2.75, 3.05) is 12.4 Å². The van der Waals surface area contributed by atoms with E-state index in [1.54, 1.807) is 18.3 Å². The summed E-state index contributed by atoms with van der Waals surface area (Å²) in [5, 5.41) is 5.72. The molecule has 0 unspecified atom stereocenters. The monoisotopic (exact) mass is 583 g/mol. The summed E-state index contributed by atoms with van der Waals surface area (Å²) in [6.07, 6.45) is 1.72. The van der Waals surface area contributed by atoms with Gasteiger partial charge in [0.15, 0.2) is 5.11 Å². The van der Waals surface area contributed by atoms with Crippen LogP contribution in [0.3, 0.4) is 0 Å². The van der Waals surface area contributed by atoms with E-state index in [1.165, 1.54) is 7.11 Å². The smallest absolute Gasteiger partial charge is 0.261 e. The van der Waals surface area contributed by atoms with Gasteiger partial charge in [0.05, 0.1) is 17.1 Å². The Morgan fingerprint density at radius 3 is 2.67 bits per heavy atom. The molecule has 0 aliphatic rings. The predicted molar refractivity (Wildman–Crippen MR) is 114 cm³/mol. The Balaban J connectivity index is 2.16. The Labute approximate surface area is 175 Å². The molecule has 0 fully saturated rings. The minimum absolute atomic E-state index is 0.162. The lowest BCUT2D eigenvalue weighted by atomic mass is 10.2. The highest BCUT2D eigenvalue weighted by Gasteiger charge is 2.17. The maximum Gasteiger partial charge on any atom is 0.261 e. The van der Waals surface area contributed by atoms with Crippen LogP contribution in [0, 0.1) is 10.5 Å². The molecule has 1 amide bonds. The second-order valence-corrected chi connectivity index (χ2v) is 8.12. The van der Waals surface area contributed by atoms with E-state index in [2.05, 4.69) is 70.1 Å². The number of nitrogens with one attached hydrogen (secondary N) is 2. The van der Waals surface area contributed by atoms with Crippen molar-refractivity contribution in [3.8, 4) is 5.75 Å². The molecule has 0 spiro atoms. The van der Waals surface area contributed by atoms with Crippen molar-refractivity contribution < 1.29 is 9.53 Å². The van der Waals surface area contributed by atoms with E-state index >= 15 is 0 Å². The van der Waals surface area contributed by atoms with Gasteiger partial charge in [0.25, 0.3) is 5.91 Å². The van der Waals surface area contributed by atoms with E-state index in [0.717, 1.165) is 13.6 Å². The highest BCUT2D eigenvalue weighted by molar-refractivity contribution is 14.1. The fraction of sp³-hybridized carbons (Fsp3) is 0.133. The number of aromatic nitrogens is 1. The van der Waals surface area contributed by atoms with Crippen LogP contribution in [0.25, 0.3) is 0 Å². The quantitative estimate of drug-likeness (QED) is 0.406. The van der Waals surface area contributed by atoms with E-state index < -0.39 is 0 Å². The molecular formula is C15H12Br2IN3O2S. The summed E-state index contributed by atoms with van der Waals surface area (Å²) in [5.41, 5.74) is 1.29. The molecular weight excluding hydrogens is 573 g/mol. The maximum atomic E-state index is 12.5. The number of thiocarbonyl (C=S) groups is 1. The highest BCUT2D eigenvalue weighted by atomic mass is 127. The number of carbonyl (C=O) groups excluding carboxylic acids is 1. The zero-order chi connectivity index (χ0) is 17.9. The van der Waals surface area contributed by atoms with Gasteiger partial charge in [-0.05, 0) is 81.4 Å². The van der Waals surface area contributed by atoms with Crippen molar-refractivity contribution in [3.63, 3.8) is 0 Å². The summed E-state index contributed by atoms with van der Waals surface area (Å²) in [7, 11) is 1.50. The Hall–Kier alpha value is -0.780. The minimum Gasteiger partial charge on any atom is -0.495 e. The molecule has 1 heterocycles. The van der Waals surface area contributed by atoms with Crippen molar-refractivity contribution in [1.82, 2.24) is 10.3 Å². The Morgan fingerprint density at radius 1 is 1.33 bits per heavy atom. The van der Waals surface area contributed by atoms with Crippen LogP contribution in [-0.2, 0) is 0 Å². The van der Waals surface area contributed by atoms with Crippen LogP contribution in [0.15, 0.2) is 33.3 Å². The topological polar surface area (TPSA) is 63.2 Å². The van der Waals surface area contributed by atoms with E-state index in [9.17, 15) is 4.79 Å². The van der Waals surface area contributed by atoms with Gasteiger partial charge in [0.1, 0.15) is 11.6 Å². The SMILES string of the molecule is COc1c(Br)cc(Br)cc1C(=O)NC(=S)Nc1ncc(I)cc1C. The summed E-state index contributed by atoms with van der Waals surface area (Å²) >= 11 is 14.1. The second kappa shape index (κ2) is 8.54. The zero-order valence-electron chi connectivity index (χ0n) is 12.6. The van der Waals surface area contributed by atoms with Gasteiger partial charge < -0.3 is 10.1 Å². The first kappa shape index (κ1) is 19.5. The van der Waals surface area contributed by atoms with Gasteiger partial charge >= 0.3 is 0 Å². The molecule has 2 rings (SSSR count). The molecule has 0 aliphatic carbocycles. The standard InChI is InChI=1S/C15H12Br2IN3O2S/c1-7-3-9(18)6-19-13(7)20-15(24)21-14(22)10-4-8(16)5-11(17)12(10)23-2/h3-6H,1-2H3,(H2,19,20,21,22,24). The van der Waals surface area contributed by atoms with Gasteiger partial charge in [-0.25, -0.2) is 4.98 Å². The lowest BCUT2D eigenvalue weighted by Gasteiger charge is -2.13. The number of rotatable bonds is 3. The summed E-state index contributed by atoms with van der Waals surface area (Å²) in [4.78, 5) is 16.7. The summed E-state index contributed by atoms with van der Waals surface area (Å²) in [6, 6.07) is 5.43. The minimum atomic E-state index is -0.380. The van der Waals surface area contributed by atoms with E-state index in [-0.39, 0.29) is 11.0 Å². The van der Waals surface area contributed by atoms with Gasteiger partial charge in [0.2, 0.25) is 0 Å². The molecule has 9 heteroatoms. The van der Waals surface area contributed by atoms with Crippen LogP contribution in [0.1, 0.15) is 15.9 Å². The van der Waals surface area contributed by atoms with Gasteiger partial charge in [-0.2, -0.15) is 0 Å². The maximum absolute atomic E-state index is 12.5. The number of hydrogen-bond donors (Lipinski definition) is 2. The third kappa shape index (κ3) is 4.87. The number of hydrogen-bond acceptors (Lipinski definition) is 4. The largest absolute Gasteiger partial charge is 0.495 e. The van der Waals surface area contributed by atoms with Gasteiger partial charge in [-0.15, -0.1) is 0 Å². The molecule has 0 saturated heterocycles. The molecule has 0 atom stereocenters. The molecule has 0 radical (unpaired) electrons. The van der Waals surface area contributed by atoms with Crippen LogP contribution < -0.4 is 15.4 Å². The number of anilines is 1. The molecule has 0 aliphatic heterocycles. The molecule has 2 N–H and O–H groups in total. The average molecular weight is 585 g/mol. The number of halogens is 3. The number of carbonyl (C=O) groups is 1. The molecule has 2 aromatic rings. The first-order chi connectivity index (χ1) is 11.3. The van der Waals surface area contributed by atoms with Crippen molar-refractivity contribution in [3.05, 3.63) is 48.0 Å². The third-order valence-electron chi connectivity index (χ3n) is 2.96. The normalized spacial score (nSPS) is 10.2. The van der Waals surface area contributed by atoms with Crippen LogP contribution >= 0.6 is 66.7 Å². The van der Waals surface area contributed by atoms with Crippen molar-refractivity contribution >= 4 is 83.5 Å². The van der Waals surface area contributed by atoms with Crippen molar-refractivity contribution in [2.45, 2.75) is 6.92 Å². The first-order valence-electron chi connectivity index (χ1n) is 6.59. The fourth-order valence-corrected chi connectivity index (χ4v) is 4.10.